The quantitative estimate of drug-likeness (QED) is 0.354. The number of aryl methyl sites for hydroxylation is 1. The highest BCUT2D eigenvalue weighted by Gasteiger charge is 2.34. The number of benzene rings is 1. The first kappa shape index (κ1) is 21.5. The SMILES string of the molecule is COC(=O)c1ccc(CN2C(=O)N/C(=C\c3cc(C)n(-c4ccc(Cl)cc4)c3C)C2=O)o1. The lowest BCUT2D eigenvalue weighted by atomic mass is 10.2. The molecular weight excluding hydrogens is 434 g/mol. The Hall–Kier alpha value is -3.78. The Morgan fingerprint density at radius 2 is 1.88 bits per heavy atom. The van der Waals surface area contributed by atoms with Crippen LogP contribution >= 0.6 is 11.6 Å². The van der Waals surface area contributed by atoms with Crippen molar-refractivity contribution in [3.8, 4) is 5.69 Å². The second-order valence-corrected chi connectivity index (χ2v) is 7.71. The Morgan fingerprint density at radius 3 is 2.56 bits per heavy atom. The molecule has 4 rings (SSSR count). The predicted octanol–water partition coefficient (Wildman–Crippen LogP) is 4.22. The van der Waals surface area contributed by atoms with Gasteiger partial charge in [0.15, 0.2) is 0 Å². The van der Waals surface area contributed by atoms with Crippen LogP contribution in [0.5, 0.6) is 0 Å². The molecule has 3 amide bonds. The molecule has 0 radical (unpaired) electrons. The minimum atomic E-state index is -0.634. The Morgan fingerprint density at radius 1 is 1.16 bits per heavy atom. The highest BCUT2D eigenvalue weighted by molar-refractivity contribution is 6.30. The summed E-state index contributed by atoms with van der Waals surface area (Å²) in [6, 6.07) is 11.8. The van der Waals surface area contributed by atoms with E-state index in [2.05, 4.69) is 10.1 Å². The van der Waals surface area contributed by atoms with E-state index in [1.165, 1.54) is 19.2 Å². The zero-order valence-electron chi connectivity index (χ0n) is 17.6. The first-order valence-corrected chi connectivity index (χ1v) is 10.1. The summed E-state index contributed by atoms with van der Waals surface area (Å²) in [5, 5.41) is 3.25. The molecule has 0 atom stereocenters. The number of urea groups is 1. The topological polar surface area (TPSA) is 93.8 Å². The van der Waals surface area contributed by atoms with Gasteiger partial charge in [-0.15, -0.1) is 0 Å². The summed E-state index contributed by atoms with van der Waals surface area (Å²) in [7, 11) is 1.24. The van der Waals surface area contributed by atoms with Gasteiger partial charge in [0.1, 0.15) is 11.5 Å². The number of hydrogen-bond donors (Lipinski definition) is 1. The van der Waals surface area contributed by atoms with Gasteiger partial charge in [-0.2, -0.15) is 0 Å². The fraction of sp³-hybridized carbons (Fsp3) is 0.174. The molecule has 9 heteroatoms. The van der Waals surface area contributed by atoms with E-state index in [0.717, 1.165) is 27.5 Å². The van der Waals surface area contributed by atoms with Gasteiger partial charge in [0, 0.05) is 22.1 Å². The Kier molecular flexibility index (Phi) is 5.63. The number of nitrogens with zero attached hydrogens (tertiary/aromatic N) is 2. The summed E-state index contributed by atoms with van der Waals surface area (Å²) in [5.74, 6) is -0.830. The van der Waals surface area contributed by atoms with E-state index in [4.69, 9.17) is 16.0 Å². The molecule has 0 aliphatic carbocycles. The van der Waals surface area contributed by atoms with Crippen molar-refractivity contribution in [2.24, 2.45) is 0 Å². The number of methoxy groups -OCH3 is 1. The second-order valence-electron chi connectivity index (χ2n) is 7.28. The molecular formula is C23H20ClN3O5. The van der Waals surface area contributed by atoms with E-state index in [9.17, 15) is 14.4 Å². The first-order chi connectivity index (χ1) is 15.3. The standard InChI is InChI=1S/C23H20ClN3O5/c1-13-10-15(14(2)27(13)17-6-4-16(24)5-7-17)11-19-21(28)26(23(30)25-19)12-18-8-9-20(32-18)22(29)31-3/h4-11H,12H2,1-3H3,(H,25,30)/b19-11-. The summed E-state index contributed by atoms with van der Waals surface area (Å²) in [5.41, 5.74) is 3.78. The van der Waals surface area contributed by atoms with Crippen molar-refractivity contribution in [2.45, 2.75) is 20.4 Å². The zero-order chi connectivity index (χ0) is 23.0. The summed E-state index contributed by atoms with van der Waals surface area (Å²) in [4.78, 5) is 37.8. The molecule has 0 spiro atoms. The third-order valence-electron chi connectivity index (χ3n) is 5.18. The van der Waals surface area contributed by atoms with E-state index in [0.29, 0.717) is 5.02 Å². The van der Waals surface area contributed by atoms with Crippen LogP contribution in [0.3, 0.4) is 0 Å². The van der Waals surface area contributed by atoms with Gasteiger partial charge in [-0.05, 0) is 68.0 Å². The molecule has 32 heavy (non-hydrogen) atoms. The number of imide groups is 1. The van der Waals surface area contributed by atoms with E-state index in [-0.39, 0.29) is 23.8 Å². The number of carbonyl (C=O) groups is 3. The van der Waals surface area contributed by atoms with Crippen molar-refractivity contribution < 1.29 is 23.5 Å². The fourth-order valence-electron chi connectivity index (χ4n) is 3.62. The van der Waals surface area contributed by atoms with E-state index >= 15 is 0 Å². The lowest BCUT2D eigenvalue weighted by Crippen LogP contribution is -2.30. The minimum absolute atomic E-state index is 0.0000381. The molecule has 3 aromatic rings. The van der Waals surface area contributed by atoms with Crippen LogP contribution in [-0.4, -0.2) is 34.5 Å². The average molecular weight is 454 g/mol. The number of aromatic nitrogens is 1. The largest absolute Gasteiger partial charge is 0.463 e. The van der Waals surface area contributed by atoms with Gasteiger partial charge in [-0.3, -0.25) is 9.69 Å². The van der Waals surface area contributed by atoms with Gasteiger partial charge in [0.05, 0.1) is 13.7 Å². The van der Waals surface area contributed by atoms with Crippen LogP contribution in [0.15, 0.2) is 52.6 Å². The van der Waals surface area contributed by atoms with Crippen molar-refractivity contribution in [3.63, 3.8) is 0 Å². The first-order valence-electron chi connectivity index (χ1n) is 9.75. The summed E-state index contributed by atoms with van der Waals surface area (Å²) < 4.78 is 12.0. The lowest BCUT2D eigenvalue weighted by Gasteiger charge is -2.10. The lowest BCUT2D eigenvalue weighted by molar-refractivity contribution is -0.123. The van der Waals surface area contributed by atoms with Crippen LogP contribution in [0.25, 0.3) is 11.8 Å². The zero-order valence-corrected chi connectivity index (χ0v) is 18.4. The number of esters is 1. The number of furan rings is 1. The van der Waals surface area contributed by atoms with Crippen LogP contribution in [-0.2, 0) is 16.1 Å². The highest BCUT2D eigenvalue weighted by Crippen LogP contribution is 2.25. The van der Waals surface area contributed by atoms with Gasteiger partial charge >= 0.3 is 12.0 Å². The van der Waals surface area contributed by atoms with E-state index in [1.807, 2.05) is 48.7 Å². The van der Waals surface area contributed by atoms with E-state index < -0.39 is 17.9 Å². The highest BCUT2D eigenvalue weighted by atomic mass is 35.5. The van der Waals surface area contributed by atoms with Crippen LogP contribution in [0.1, 0.15) is 33.3 Å². The van der Waals surface area contributed by atoms with Crippen molar-refractivity contribution >= 4 is 35.6 Å². The average Bonchev–Trinajstić information content (AvgIpc) is 3.42. The fourth-order valence-corrected chi connectivity index (χ4v) is 3.75. The number of nitrogens with one attached hydrogen (secondary N) is 1. The van der Waals surface area contributed by atoms with Gasteiger partial charge in [-0.25, -0.2) is 9.59 Å². The van der Waals surface area contributed by atoms with Gasteiger partial charge in [-0.1, -0.05) is 11.6 Å². The summed E-state index contributed by atoms with van der Waals surface area (Å²) in [6.45, 7) is 3.79. The Bertz CT molecular complexity index is 1250. The molecule has 2 aromatic heterocycles. The molecule has 0 saturated carbocycles. The van der Waals surface area contributed by atoms with Crippen molar-refractivity contribution in [1.29, 1.82) is 0 Å². The monoisotopic (exact) mass is 453 g/mol. The van der Waals surface area contributed by atoms with Gasteiger partial charge in [0.25, 0.3) is 5.91 Å². The number of rotatable bonds is 5. The number of amides is 3. The molecule has 1 aliphatic rings. The van der Waals surface area contributed by atoms with Crippen molar-refractivity contribution in [3.05, 3.63) is 81.7 Å². The molecule has 1 N–H and O–H groups in total. The number of carbonyl (C=O) groups excluding carboxylic acids is 3. The normalized spacial score (nSPS) is 14.9. The number of hydrogen-bond acceptors (Lipinski definition) is 5. The third-order valence-corrected chi connectivity index (χ3v) is 5.43. The summed E-state index contributed by atoms with van der Waals surface area (Å²) in [6.07, 6.45) is 1.65. The molecule has 1 fully saturated rings. The maximum atomic E-state index is 12.9. The van der Waals surface area contributed by atoms with Gasteiger partial charge in [0.2, 0.25) is 5.76 Å². The molecule has 1 aliphatic heterocycles. The van der Waals surface area contributed by atoms with Crippen molar-refractivity contribution in [2.75, 3.05) is 7.11 Å². The second kappa shape index (κ2) is 8.39. The van der Waals surface area contributed by atoms with E-state index in [1.54, 1.807) is 6.08 Å². The molecule has 164 valence electrons. The predicted molar refractivity (Wildman–Crippen MR) is 117 cm³/mol. The maximum Gasteiger partial charge on any atom is 0.373 e. The Balaban J connectivity index is 1.58. The molecule has 0 bridgehead atoms. The minimum Gasteiger partial charge on any atom is -0.463 e. The maximum absolute atomic E-state index is 12.9. The molecule has 1 saturated heterocycles. The van der Waals surface area contributed by atoms with Crippen molar-refractivity contribution in [1.82, 2.24) is 14.8 Å². The molecule has 1 aromatic carbocycles. The van der Waals surface area contributed by atoms with Gasteiger partial charge < -0.3 is 19.0 Å². The number of halogens is 1. The smallest absolute Gasteiger partial charge is 0.373 e. The van der Waals surface area contributed by atoms with Crippen LogP contribution in [0.4, 0.5) is 4.79 Å². The third kappa shape index (κ3) is 3.92. The van der Waals surface area contributed by atoms with Crippen LogP contribution < -0.4 is 5.32 Å². The number of ether oxygens (including phenoxy) is 1. The summed E-state index contributed by atoms with van der Waals surface area (Å²) >= 11 is 5.99. The molecule has 0 unspecified atom stereocenters. The molecule has 8 nitrogen and oxygen atoms in total. The van der Waals surface area contributed by atoms with Crippen LogP contribution in [0, 0.1) is 13.8 Å². The van der Waals surface area contributed by atoms with Crippen LogP contribution in [0.2, 0.25) is 5.02 Å². The molecule has 3 heterocycles. The Labute approximate surface area is 189 Å².